The Morgan fingerprint density at radius 2 is 1.07 bits per heavy atom. The third kappa shape index (κ3) is 40.2. The van der Waals surface area contributed by atoms with Gasteiger partial charge in [-0.2, -0.15) is 0 Å². The topological polar surface area (TPSA) is 108 Å². The number of hydrogen-bond donors (Lipinski definition) is 2. The van der Waals surface area contributed by atoms with Gasteiger partial charge in [0.25, 0.3) is 7.82 Å². The van der Waals surface area contributed by atoms with Crippen molar-refractivity contribution in [2.75, 3.05) is 40.9 Å². The van der Waals surface area contributed by atoms with E-state index in [2.05, 4.69) is 67.8 Å². The van der Waals surface area contributed by atoms with Crippen LogP contribution < -0.4 is 10.2 Å². The highest BCUT2D eigenvalue weighted by atomic mass is 31.2. The van der Waals surface area contributed by atoms with Gasteiger partial charge in [0.2, 0.25) is 5.91 Å². The summed E-state index contributed by atoms with van der Waals surface area (Å²) in [6.45, 7) is 4.55. The molecule has 0 heterocycles. The maximum absolute atomic E-state index is 12.8. The molecule has 320 valence electrons. The molecule has 55 heavy (non-hydrogen) atoms. The van der Waals surface area contributed by atoms with E-state index in [-0.39, 0.29) is 12.5 Å². The molecule has 2 N–H and O–H groups in total. The molecule has 0 rings (SSSR count). The quantitative estimate of drug-likeness (QED) is 0.0278. The number of quaternary nitrogens is 1. The number of carbonyl (C=O) groups is 1. The molecule has 0 aliphatic heterocycles. The second-order valence-corrected chi connectivity index (χ2v) is 17.4. The summed E-state index contributed by atoms with van der Waals surface area (Å²) in [6, 6.07) is -0.907. The summed E-state index contributed by atoms with van der Waals surface area (Å²) in [5, 5.41) is 13.7. The molecule has 0 spiro atoms. The van der Waals surface area contributed by atoms with Crippen LogP contribution in [0.4, 0.5) is 0 Å². The summed E-state index contributed by atoms with van der Waals surface area (Å²) in [6.07, 6.45) is 48.5. The standard InChI is InChI=1S/C46H85N2O6P/c1-6-8-10-12-14-16-18-19-20-21-22-23-24-25-26-27-28-29-30-32-34-36-38-40-46(50)47-44(43-54-55(51,52)53-42-41-48(3,4)5)45(49)39-37-35-33-31-17-15-13-11-9-7-2/h17-19,21-22,24-25,31,37,39,44-45,49H,6-16,20,23,26-30,32-36,38,40-43H2,1-5H3,(H-,47,50,51,52)/b19-18-,22-21-,25-24-,31-17+,39-37+. The fraction of sp³-hybridized carbons (Fsp3) is 0.761. The van der Waals surface area contributed by atoms with Gasteiger partial charge in [-0.15, -0.1) is 0 Å². The van der Waals surface area contributed by atoms with Crippen LogP contribution in [0.3, 0.4) is 0 Å². The lowest BCUT2D eigenvalue weighted by Crippen LogP contribution is -2.45. The molecular weight excluding hydrogens is 707 g/mol. The van der Waals surface area contributed by atoms with Gasteiger partial charge in [0.15, 0.2) is 0 Å². The highest BCUT2D eigenvalue weighted by Gasteiger charge is 2.23. The Bertz CT molecular complexity index is 1080. The molecule has 0 aromatic rings. The van der Waals surface area contributed by atoms with Crippen LogP contribution in [-0.4, -0.2) is 68.5 Å². The van der Waals surface area contributed by atoms with Crippen molar-refractivity contribution >= 4 is 13.7 Å². The van der Waals surface area contributed by atoms with Crippen molar-refractivity contribution in [3.05, 3.63) is 60.8 Å². The molecule has 0 fully saturated rings. The molecule has 8 nitrogen and oxygen atoms in total. The zero-order valence-electron chi connectivity index (χ0n) is 36.1. The van der Waals surface area contributed by atoms with Crippen LogP contribution in [0.15, 0.2) is 60.8 Å². The van der Waals surface area contributed by atoms with Gasteiger partial charge in [0.1, 0.15) is 13.2 Å². The van der Waals surface area contributed by atoms with Gasteiger partial charge in [0, 0.05) is 6.42 Å². The molecule has 0 aromatic heterocycles. The number of allylic oxidation sites excluding steroid dienone is 9. The van der Waals surface area contributed by atoms with Crippen LogP contribution in [0.1, 0.15) is 174 Å². The Balaban J connectivity index is 4.33. The monoisotopic (exact) mass is 793 g/mol. The highest BCUT2D eigenvalue weighted by molar-refractivity contribution is 7.45. The normalized spacial score (nSPS) is 15.0. The fourth-order valence-electron chi connectivity index (χ4n) is 5.88. The molecule has 0 radical (unpaired) electrons. The Hall–Kier alpha value is -1.80. The third-order valence-corrected chi connectivity index (χ3v) is 10.4. The maximum Gasteiger partial charge on any atom is 0.268 e. The van der Waals surface area contributed by atoms with Crippen LogP contribution in [-0.2, 0) is 18.4 Å². The summed E-state index contributed by atoms with van der Waals surface area (Å²) in [5.74, 6) is -0.220. The predicted octanol–water partition coefficient (Wildman–Crippen LogP) is 11.6. The van der Waals surface area contributed by atoms with Crippen LogP contribution in [0.5, 0.6) is 0 Å². The molecule has 0 aliphatic carbocycles. The molecule has 0 aliphatic rings. The zero-order valence-corrected chi connectivity index (χ0v) is 37.0. The Labute approximate surface area is 339 Å². The van der Waals surface area contributed by atoms with Crippen molar-refractivity contribution in [2.24, 2.45) is 0 Å². The van der Waals surface area contributed by atoms with E-state index >= 15 is 0 Å². The van der Waals surface area contributed by atoms with Gasteiger partial charge in [-0.1, -0.05) is 158 Å². The van der Waals surface area contributed by atoms with E-state index in [1.54, 1.807) is 6.08 Å². The van der Waals surface area contributed by atoms with E-state index < -0.39 is 26.6 Å². The van der Waals surface area contributed by atoms with Crippen molar-refractivity contribution in [1.29, 1.82) is 0 Å². The van der Waals surface area contributed by atoms with E-state index in [9.17, 15) is 19.4 Å². The molecule has 0 bridgehead atoms. The highest BCUT2D eigenvalue weighted by Crippen LogP contribution is 2.38. The van der Waals surface area contributed by atoms with Crippen LogP contribution in [0, 0.1) is 0 Å². The Morgan fingerprint density at radius 3 is 1.62 bits per heavy atom. The molecule has 3 unspecified atom stereocenters. The maximum atomic E-state index is 12.8. The molecule has 0 saturated heterocycles. The zero-order chi connectivity index (χ0) is 40.7. The number of amides is 1. The van der Waals surface area contributed by atoms with E-state index in [1.807, 2.05) is 27.2 Å². The number of hydrogen-bond acceptors (Lipinski definition) is 6. The summed E-state index contributed by atoms with van der Waals surface area (Å²) >= 11 is 0. The number of likely N-dealkylation sites (N-methyl/N-ethyl adjacent to an activating group) is 1. The van der Waals surface area contributed by atoms with Crippen LogP contribution in [0.25, 0.3) is 0 Å². The van der Waals surface area contributed by atoms with E-state index in [0.29, 0.717) is 17.4 Å². The van der Waals surface area contributed by atoms with Gasteiger partial charge in [0.05, 0.1) is 39.9 Å². The Morgan fingerprint density at radius 1 is 0.636 bits per heavy atom. The number of unbranched alkanes of at least 4 members (excludes halogenated alkanes) is 18. The second kappa shape index (κ2) is 37.8. The summed E-state index contributed by atoms with van der Waals surface area (Å²) < 4.78 is 23.1. The van der Waals surface area contributed by atoms with E-state index in [0.717, 1.165) is 64.2 Å². The lowest BCUT2D eigenvalue weighted by Gasteiger charge is -2.29. The largest absolute Gasteiger partial charge is 0.756 e. The average molecular weight is 793 g/mol. The first-order chi connectivity index (χ1) is 26.5. The van der Waals surface area contributed by atoms with E-state index in [1.165, 1.54) is 89.9 Å². The number of aliphatic hydroxyl groups excluding tert-OH is 1. The molecule has 0 aromatic carbocycles. The second-order valence-electron chi connectivity index (χ2n) is 16.0. The van der Waals surface area contributed by atoms with Crippen LogP contribution in [0.2, 0.25) is 0 Å². The molecule has 9 heteroatoms. The smallest absolute Gasteiger partial charge is 0.268 e. The first kappa shape index (κ1) is 53.2. The summed E-state index contributed by atoms with van der Waals surface area (Å²) in [7, 11) is 1.23. The van der Waals surface area contributed by atoms with Crippen molar-refractivity contribution in [1.82, 2.24) is 5.32 Å². The molecule has 1 amide bonds. The van der Waals surface area contributed by atoms with Crippen LogP contribution >= 0.6 is 7.82 Å². The first-order valence-corrected chi connectivity index (χ1v) is 23.6. The number of nitrogens with zero attached hydrogens (tertiary/aromatic N) is 1. The first-order valence-electron chi connectivity index (χ1n) is 22.2. The number of phosphoric ester groups is 1. The van der Waals surface area contributed by atoms with Gasteiger partial charge in [-0.25, -0.2) is 0 Å². The average Bonchev–Trinajstić information content (AvgIpc) is 3.13. The SMILES string of the molecule is CCCCCC/C=C/CC/C=C/C(O)C(COP(=O)([O-])OCC[N+](C)(C)C)NC(=O)CCCCCCCCCC/C=C\C/C=C\C/C=C\CCCCCCC. The van der Waals surface area contributed by atoms with Crippen molar-refractivity contribution in [2.45, 2.75) is 187 Å². The minimum atomic E-state index is -4.59. The van der Waals surface area contributed by atoms with Gasteiger partial charge < -0.3 is 28.8 Å². The minimum Gasteiger partial charge on any atom is -0.756 e. The van der Waals surface area contributed by atoms with Crippen molar-refractivity contribution in [3.63, 3.8) is 0 Å². The van der Waals surface area contributed by atoms with E-state index in [4.69, 9.17) is 9.05 Å². The van der Waals surface area contributed by atoms with Gasteiger partial charge >= 0.3 is 0 Å². The fourth-order valence-corrected chi connectivity index (χ4v) is 6.60. The molecular formula is C46H85N2O6P. The predicted molar refractivity (Wildman–Crippen MR) is 233 cm³/mol. The molecule has 0 saturated carbocycles. The summed E-state index contributed by atoms with van der Waals surface area (Å²) in [4.78, 5) is 25.2. The number of nitrogens with one attached hydrogen (secondary N) is 1. The third-order valence-electron chi connectivity index (χ3n) is 9.45. The van der Waals surface area contributed by atoms with Crippen molar-refractivity contribution < 1.29 is 32.9 Å². The van der Waals surface area contributed by atoms with Gasteiger partial charge in [-0.3, -0.25) is 9.36 Å². The lowest BCUT2D eigenvalue weighted by molar-refractivity contribution is -0.870. The van der Waals surface area contributed by atoms with Crippen molar-refractivity contribution in [3.8, 4) is 0 Å². The number of aliphatic hydroxyl groups is 1. The number of carbonyl (C=O) groups excluding carboxylic acids is 1. The number of phosphoric acid groups is 1. The lowest BCUT2D eigenvalue weighted by atomic mass is 10.1. The molecule has 3 atom stereocenters. The summed E-state index contributed by atoms with van der Waals surface area (Å²) in [5.41, 5.74) is 0. The Kier molecular flexibility index (Phi) is 36.5. The minimum absolute atomic E-state index is 0.0107. The number of rotatable bonds is 39. The van der Waals surface area contributed by atoms with Gasteiger partial charge in [-0.05, 0) is 70.6 Å².